The molecule has 4 amide bonds. The van der Waals surface area contributed by atoms with Crippen molar-refractivity contribution in [2.45, 2.75) is 103 Å². The van der Waals surface area contributed by atoms with Gasteiger partial charge in [-0.1, -0.05) is 0 Å². The van der Waals surface area contributed by atoms with Crippen molar-refractivity contribution in [1.82, 2.24) is 20.4 Å². The van der Waals surface area contributed by atoms with Gasteiger partial charge in [0, 0.05) is 67.9 Å². The first-order valence-corrected chi connectivity index (χ1v) is 19.1. The Bertz CT molecular complexity index is 1670. The van der Waals surface area contributed by atoms with Gasteiger partial charge in [0.2, 0.25) is 0 Å². The summed E-state index contributed by atoms with van der Waals surface area (Å²) in [6.07, 6.45) is 2.70. The SMILES string of the molecule is COC(=O)CCCOc1cc(OC)cc(C(=O)NC2CCN(C(=O)OC(C)(C)C)CC2)c1.COc1cc(O)cc(C(=O)NC2CCN(C(=O)OC(C)(C)C)CC2)c1. The molecule has 2 aromatic rings. The Balaban J connectivity index is 0.000000315. The highest BCUT2D eigenvalue weighted by atomic mass is 16.6. The molecule has 2 aliphatic heterocycles. The highest BCUT2D eigenvalue weighted by molar-refractivity contribution is 5.96. The largest absolute Gasteiger partial charge is 0.508 e. The first kappa shape index (κ1) is 46.0. The summed E-state index contributed by atoms with van der Waals surface area (Å²) in [4.78, 5) is 63.9. The van der Waals surface area contributed by atoms with Crippen LogP contribution in [-0.2, 0) is 19.0 Å². The number of benzene rings is 2. The lowest BCUT2D eigenvalue weighted by molar-refractivity contribution is -0.140. The van der Waals surface area contributed by atoms with E-state index in [1.54, 1.807) is 34.1 Å². The van der Waals surface area contributed by atoms with E-state index in [0.29, 0.717) is 93.3 Å². The zero-order chi connectivity index (χ0) is 42.3. The number of hydrogen-bond acceptors (Lipinski definition) is 12. The molecule has 0 bridgehead atoms. The summed E-state index contributed by atoms with van der Waals surface area (Å²) in [6.45, 7) is 13.4. The molecule has 0 unspecified atom stereocenters. The van der Waals surface area contributed by atoms with E-state index in [2.05, 4.69) is 15.4 Å². The lowest BCUT2D eigenvalue weighted by atomic mass is 10.0. The summed E-state index contributed by atoms with van der Waals surface area (Å²) in [5, 5.41) is 15.6. The van der Waals surface area contributed by atoms with Crippen molar-refractivity contribution in [2.75, 3.05) is 54.1 Å². The second-order valence-electron chi connectivity index (χ2n) is 15.8. The Kier molecular flexibility index (Phi) is 17.1. The molecule has 2 aromatic carbocycles. The molecular weight excluding hydrogens is 740 g/mol. The maximum Gasteiger partial charge on any atom is 0.410 e. The van der Waals surface area contributed by atoms with Crippen molar-refractivity contribution in [3.8, 4) is 23.0 Å². The Labute approximate surface area is 335 Å². The lowest BCUT2D eigenvalue weighted by Crippen LogP contribution is -2.47. The lowest BCUT2D eigenvalue weighted by Gasteiger charge is -2.33. The topological polar surface area (TPSA) is 191 Å². The predicted octanol–water partition coefficient (Wildman–Crippen LogP) is 5.69. The minimum Gasteiger partial charge on any atom is -0.508 e. The second kappa shape index (κ2) is 21.2. The summed E-state index contributed by atoms with van der Waals surface area (Å²) < 4.78 is 31.4. The fourth-order valence-electron chi connectivity index (χ4n) is 5.85. The number of carbonyl (C=O) groups excluding carboxylic acids is 5. The van der Waals surface area contributed by atoms with Crippen LogP contribution in [0.2, 0.25) is 0 Å². The standard InChI is InChI=1S/C23H34N2O7.C18H26N2O5/c1-23(2,3)32-22(28)25-10-8-17(9-11-25)24-21(27)16-13-18(29-4)15-19(14-16)31-12-6-7-20(26)30-5;1-18(2,3)25-17(23)20-7-5-13(6-8-20)19-16(22)12-9-14(21)11-15(10-12)24-4/h13-15,17H,6-12H2,1-5H3,(H,24,27);9-11,13,21H,5-8H2,1-4H3,(H,19,22). The third-order valence-corrected chi connectivity index (χ3v) is 8.75. The Morgan fingerprint density at radius 2 is 1.07 bits per heavy atom. The van der Waals surface area contributed by atoms with E-state index in [-0.39, 0.29) is 54.2 Å². The highest BCUT2D eigenvalue weighted by Gasteiger charge is 2.29. The molecule has 2 saturated heterocycles. The van der Waals surface area contributed by atoms with Crippen LogP contribution >= 0.6 is 0 Å². The monoisotopic (exact) mass is 800 g/mol. The molecule has 2 heterocycles. The normalized spacial score (nSPS) is 15.0. The smallest absolute Gasteiger partial charge is 0.410 e. The molecule has 316 valence electrons. The van der Waals surface area contributed by atoms with Gasteiger partial charge < -0.3 is 54.0 Å². The molecule has 16 nitrogen and oxygen atoms in total. The van der Waals surface area contributed by atoms with Gasteiger partial charge in [0.25, 0.3) is 11.8 Å². The average molecular weight is 801 g/mol. The van der Waals surface area contributed by atoms with E-state index in [0.717, 1.165) is 0 Å². The molecule has 16 heteroatoms. The third kappa shape index (κ3) is 16.3. The number of phenols is 1. The number of hydrogen-bond donors (Lipinski definition) is 3. The maximum atomic E-state index is 12.8. The summed E-state index contributed by atoms with van der Waals surface area (Å²) in [5.41, 5.74) is -0.294. The van der Waals surface area contributed by atoms with E-state index in [1.165, 1.54) is 33.5 Å². The molecule has 0 saturated carbocycles. The van der Waals surface area contributed by atoms with Gasteiger partial charge in [0.15, 0.2) is 0 Å². The number of methoxy groups -OCH3 is 3. The number of esters is 1. The number of rotatable bonds is 11. The van der Waals surface area contributed by atoms with Gasteiger partial charge in [0.1, 0.15) is 34.2 Å². The number of piperidine rings is 2. The molecule has 3 N–H and O–H groups in total. The van der Waals surface area contributed by atoms with Crippen LogP contribution in [0.25, 0.3) is 0 Å². The minimum atomic E-state index is -0.534. The summed E-state index contributed by atoms with van der Waals surface area (Å²) in [5.74, 6) is 0.578. The number of likely N-dealkylation sites (tertiary alicyclic amines) is 2. The van der Waals surface area contributed by atoms with E-state index >= 15 is 0 Å². The Hall–Kier alpha value is -5.41. The highest BCUT2D eigenvalue weighted by Crippen LogP contribution is 2.25. The van der Waals surface area contributed by atoms with Gasteiger partial charge in [-0.3, -0.25) is 14.4 Å². The van der Waals surface area contributed by atoms with Crippen LogP contribution in [0, 0.1) is 0 Å². The second-order valence-corrected chi connectivity index (χ2v) is 15.8. The van der Waals surface area contributed by atoms with Crippen molar-refractivity contribution >= 4 is 30.0 Å². The van der Waals surface area contributed by atoms with E-state index in [4.69, 9.17) is 23.7 Å². The third-order valence-electron chi connectivity index (χ3n) is 8.75. The number of carbonyl (C=O) groups is 5. The van der Waals surface area contributed by atoms with Crippen LogP contribution in [0.15, 0.2) is 36.4 Å². The Morgan fingerprint density at radius 3 is 1.49 bits per heavy atom. The zero-order valence-corrected chi connectivity index (χ0v) is 34.7. The quantitative estimate of drug-likeness (QED) is 0.143. The molecule has 57 heavy (non-hydrogen) atoms. The first-order chi connectivity index (χ1) is 26.8. The predicted molar refractivity (Wildman–Crippen MR) is 211 cm³/mol. The zero-order valence-electron chi connectivity index (χ0n) is 34.7. The molecule has 0 radical (unpaired) electrons. The maximum absolute atomic E-state index is 12.8. The number of ether oxygens (including phenoxy) is 6. The van der Waals surface area contributed by atoms with Crippen LogP contribution in [0.3, 0.4) is 0 Å². The van der Waals surface area contributed by atoms with Crippen molar-refractivity contribution in [3.63, 3.8) is 0 Å². The van der Waals surface area contributed by atoms with E-state index in [1.807, 2.05) is 41.5 Å². The van der Waals surface area contributed by atoms with Gasteiger partial charge >= 0.3 is 18.2 Å². The van der Waals surface area contributed by atoms with Crippen molar-refractivity contribution in [3.05, 3.63) is 47.5 Å². The fourth-order valence-corrected chi connectivity index (χ4v) is 5.85. The van der Waals surface area contributed by atoms with Crippen LogP contribution in [0.1, 0.15) is 101 Å². The molecule has 4 rings (SSSR count). The van der Waals surface area contributed by atoms with Gasteiger partial charge in [-0.05, 0) is 97.9 Å². The van der Waals surface area contributed by atoms with Gasteiger partial charge in [0.05, 0.1) is 27.9 Å². The number of amides is 4. The number of aromatic hydroxyl groups is 1. The van der Waals surface area contributed by atoms with E-state index < -0.39 is 11.2 Å². The molecule has 0 aromatic heterocycles. The Morgan fingerprint density at radius 1 is 0.649 bits per heavy atom. The van der Waals surface area contributed by atoms with Crippen LogP contribution in [0.5, 0.6) is 23.0 Å². The number of nitrogens with zero attached hydrogens (tertiary/aromatic N) is 2. The van der Waals surface area contributed by atoms with Crippen molar-refractivity contribution in [1.29, 1.82) is 0 Å². The molecular formula is C41H60N4O12. The van der Waals surface area contributed by atoms with Crippen LogP contribution in [0.4, 0.5) is 9.59 Å². The van der Waals surface area contributed by atoms with Gasteiger partial charge in [-0.2, -0.15) is 0 Å². The van der Waals surface area contributed by atoms with Crippen LogP contribution < -0.4 is 24.8 Å². The van der Waals surface area contributed by atoms with Gasteiger partial charge in [-0.25, -0.2) is 9.59 Å². The van der Waals surface area contributed by atoms with Gasteiger partial charge in [-0.15, -0.1) is 0 Å². The number of phenolic OH excluding ortho intramolecular Hbond substituents is 1. The molecule has 0 aliphatic carbocycles. The minimum absolute atomic E-state index is 0.0238. The van der Waals surface area contributed by atoms with E-state index in [9.17, 15) is 29.1 Å². The molecule has 2 aliphatic rings. The molecule has 0 spiro atoms. The van der Waals surface area contributed by atoms with Crippen LogP contribution in [-0.4, -0.2) is 122 Å². The molecule has 2 fully saturated rings. The summed E-state index contributed by atoms with van der Waals surface area (Å²) >= 11 is 0. The summed E-state index contributed by atoms with van der Waals surface area (Å²) in [7, 11) is 4.34. The number of nitrogens with one attached hydrogen (secondary N) is 2. The first-order valence-electron chi connectivity index (χ1n) is 19.1. The van der Waals surface area contributed by atoms with Crippen molar-refractivity contribution in [2.24, 2.45) is 0 Å². The fraction of sp³-hybridized carbons (Fsp3) is 0.585. The van der Waals surface area contributed by atoms with Crippen molar-refractivity contribution < 1.29 is 57.5 Å². The summed E-state index contributed by atoms with van der Waals surface area (Å²) in [6, 6.07) is 9.32. The molecule has 0 atom stereocenters. The average Bonchev–Trinajstić information content (AvgIpc) is 3.15.